The average molecular weight is 313 g/mol. The zero-order valence-corrected chi connectivity index (χ0v) is 13.5. The highest BCUT2D eigenvalue weighted by Crippen LogP contribution is 2.34. The Morgan fingerprint density at radius 2 is 2.00 bits per heavy atom. The third kappa shape index (κ3) is 3.58. The van der Waals surface area contributed by atoms with E-state index in [1.807, 2.05) is 6.26 Å². The normalized spacial score (nSPS) is 10.7. The Morgan fingerprint density at radius 3 is 2.63 bits per heavy atom. The maximum Gasteiger partial charge on any atom is 0.181 e. The fraction of sp³-hybridized carbons (Fsp3) is 0.455. The molecule has 2 heterocycles. The van der Waals surface area contributed by atoms with Gasteiger partial charge in [-0.25, -0.2) is 9.97 Å². The standard InChI is InChI=1S/C11H15N5S3/c1-4-7-8(12-5-2)13-6-14-9(7)18-11-16-15-10(17-3)19-11/h6H,4-5H2,1-3H3,(H,12,13,14). The second-order valence-electron chi connectivity index (χ2n) is 3.53. The van der Waals surface area contributed by atoms with Crippen LogP contribution in [0, 0.1) is 0 Å². The van der Waals surface area contributed by atoms with Crippen LogP contribution in [0.25, 0.3) is 0 Å². The van der Waals surface area contributed by atoms with Crippen molar-refractivity contribution in [2.45, 2.75) is 34.0 Å². The van der Waals surface area contributed by atoms with Gasteiger partial charge in [0, 0.05) is 12.1 Å². The lowest BCUT2D eigenvalue weighted by Gasteiger charge is -2.10. The number of aromatic nitrogens is 4. The third-order valence-corrected chi connectivity index (χ3v) is 5.34. The molecule has 102 valence electrons. The first-order valence-corrected chi connectivity index (χ1v) is 8.77. The van der Waals surface area contributed by atoms with Crippen molar-refractivity contribution >= 4 is 40.7 Å². The molecule has 0 aromatic carbocycles. The first-order chi connectivity index (χ1) is 9.28. The van der Waals surface area contributed by atoms with Gasteiger partial charge in [0.25, 0.3) is 0 Å². The van der Waals surface area contributed by atoms with Gasteiger partial charge in [-0.1, -0.05) is 30.0 Å². The maximum absolute atomic E-state index is 4.37. The Hall–Kier alpha value is -0.860. The van der Waals surface area contributed by atoms with E-state index in [0.29, 0.717) is 0 Å². The van der Waals surface area contributed by atoms with Gasteiger partial charge in [0.05, 0.1) is 0 Å². The van der Waals surface area contributed by atoms with E-state index in [4.69, 9.17) is 0 Å². The minimum absolute atomic E-state index is 0.851. The summed E-state index contributed by atoms with van der Waals surface area (Å²) in [5.74, 6) is 0.914. The molecule has 2 rings (SSSR count). The summed E-state index contributed by atoms with van der Waals surface area (Å²) in [5, 5.41) is 12.5. The van der Waals surface area contributed by atoms with Gasteiger partial charge >= 0.3 is 0 Å². The lowest BCUT2D eigenvalue weighted by atomic mass is 10.2. The number of nitrogens with one attached hydrogen (secondary N) is 1. The average Bonchev–Trinajstić information content (AvgIpc) is 2.87. The van der Waals surface area contributed by atoms with Crippen molar-refractivity contribution in [3.8, 4) is 0 Å². The minimum Gasteiger partial charge on any atom is -0.370 e. The van der Waals surface area contributed by atoms with Gasteiger partial charge in [-0.05, 0) is 31.4 Å². The number of hydrogen-bond donors (Lipinski definition) is 1. The summed E-state index contributed by atoms with van der Waals surface area (Å²) in [5.41, 5.74) is 1.13. The Morgan fingerprint density at radius 1 is 1.21 bits per heavy atom. The Bertz CT molecular complexity index is 543. The lowest BCUT2D eigenvalue weighted by Crippen LogP contribution is -2.05. The zero-order valence-electron chi connectivity index (χ0n) is 11.0. The minimum atomic E-state index is 0.851. The monoisotopic (exact) mass is 313 g/mol. The summed E-state index contributed by atoms with van der Waals surface area (Å²) >= 11 is 4.75. The third-order valence-electron chi connectivity index (χ3n) is 2.35. The molecule has 2 aromatic heterocycles. The van der Waals surface area contributed by atoms with Gasteiger partial charge in [-0.15, -0.1) is 10.2 Å². The van der Waals surface area contributed by atoms with Crippen molar-refractivity contribution in [3.05, 3.63) is 11.9 Å². The molecule has 0 aliphatic carbocycles. The van der Waals surface area contributed by atoms with Crippen molar-refractivity contribution in [3.63, 3.8) is 0 Å². The molecule has 0 spiro atoms. The van der Waals surface area contributed by atoms with Gasteiger partial charge < -0.3 is 5.32 Å². The molecule has 0 aliphatic heterocycles. The van der Waals surface area contributed by atoms with E-state index in [9.17, 15) is 0 Å². The van der Waals surface area contributed by atoms with Crippen LogP contribution < -0.4 is 5.32 Å². The maximum atomic E-state index is 4.37. The molecule has 0 saturated heterocycles. The van der Waals surface area contributed by atoms with E-state index in [2.05, 4.69) is 39.3 Å². The summed E-state index contributed by atoms with van der Waals surface area (Å²) in [7, 11) is 0. The molecule has 0 atom stereocenters. The Labute approximate surface area is 125 Å². The zero-order chi connectivity index (χ0) is 13.7. The summed E-state index contributed by atoms with van der Waals surface area (Å²) in [6.07, 6.45) is 4.48. The van der Waals surface area contributed by atoms with Crippen molar-refractivity contribution in [2.75, 3.05) is 18.1 Å². The largest absolute Gasteiger partial charge is 0.370 e. The van der Waals surface area contributed by atoms with Crippen LogP contribution in [0.15, 0.2) is 20.0 Å². The van der Waals surface area contributed by atoms with Gasteiger partial charge in [0.1, 0.15) is 17.2 Å². The van der Waals surface area contributed by atoms with E-state index in [-0.39, 0.29) is 0 Å². The molecular formula is C11H15N5S3. The smallest absolute Gasteiger partial charge is 0.181 e. The molecular weight excluding hydrogens is 298 g/mol. The van der Waals surface area contributed by atoms with E-state index in [1.165, 1.54) is 0 Å². The predicted octanol–water partition coefficient (Wildman–Crippen LogP) is 3.20. The summed E-state index contributed by atoms with van der Waals surface area (Å²) in [4.78, 5) is 8.66. The van der Waals surface area contributed by atoms with Crippen molar-refractivity contribution in [2.24, 2.45) is 0 Å². The van der Waals surface area contributed by atoms with Crippen LogP contribution in [0.1, 0.15) is 19.4 Å². The van der Waals surface area contributed by atoms with Gasteiger partial charge in [-0.2, -0.15) is 0 Å². The molecule has 0 fully saturated rings. The molecule has 19 heavy (non-hydrogen) atoms. The molecule has 0 radical (unpaired) electrons. The fourth-order valence-corrected chi connectivity index (χ4v) is 4.04. The number of hydrogen-bond acceptors (Lipinski definition) is 8. The van der Waals surface area contributed by atoms with Crippen molar-refractivity contribution in [1.82, 2.24) is 20.2 Å². The lowest BCUT2D eigenvalue weighted by molar-refractivity contribution is 0.926. The second-order valence-corrected chi connectivity index (χ2v) is 6.80. The SMILES string of the molecule is CCNc1ncnc(Sc2nnc(SC)s2)c1CC. The highest BCUT2D eigenvalue weighted by Gasteiger charge is 2.13. The van der Waals surface area contributed by atoms with Crippen LogP contribution in [-0.4, -0.2) is 33.0 Å². The van der Waals surface area contributed by atoms with Gasteiger partial charge in [0.2, 0.25) is 0 Å². The summed E-state index contributed by atoms with van der Waals surface area (Å²) < 4.78 is 1.89. The van der Waals surface area contributed by atoms with E-state index in [1.54, 1.807) is 41.2 Å². The fourth-order valence-electron chi connectivity index (χ4n) is 1.53. The van der Waals surface area contributed by atoms with Crippen LogP contribution >= 0.6 is 34.9 Å². The highest BCUT2D eigenvalue weighted by atomic mass is 32.2. The van der Waals surface area contributed by atoms with Crippen LogP contribution in [0.2, 0.25) is 0 Å². The van der Waals surface area contributed by atoms with Crippen LogP contribution in [-0.2, 0) is 6.42 Å². The van der Waals surface area contributed by atoms with Crippen LogP contribution in [0.4, 0.5) is 5.82 Å². The van der Waals surface area contributed by atoms with E-state index >= 15 is 0 Å². The van der Waals surface area contributed by atoms with E-state index in [0.717, 1.165) is 38.1 Å². The predicted molar refractivity (Wildman–Crippen MR) is 81.4 cm³/mol. The Kier molecular flexibility index (Phi) is 5.41. The van der Waals surface area contributed by atoms with Crippen LogP contribution in [0.5, 0.6) is 0 Å². The quantitative estimate of drug-likeness (QED) is 0.649. The topological polar surface area (TPSA) is 63.6 Å². The van der Waals surface area contributed by atoms with Gasteiger partial charge in [0.15, 0.2) is 8.68 Å². The summed E-state index contributed by atoms with van der Waals surface area (Å²) in [6.45, 7) is 5.02. The molecule has 0 unspecified atom stereocenters. The van der Waals surface area contributed by atoms with Crippen LogP contribution in [0.3, 0.4) is 0 Å². The molecule has 0 aliphatic rings. The number of nitrogens with zero attached hydrogens (tertiary/aromatic N) is 4. The molecule has 1 N–H and O–H groups in total. The number of rotatable bonds is 6. The molecule has 8 heteroatoms. The number of thioether (sulfide) groups is 1. The second kappa shape index (κ2) is 7.06. The molecule has 0 bridgehead atoms. The van der Waals surface area contributed by atoms with Gasteiger partial charge in [-0.3, -0.25) is 0 Å². The molecule has 2 aromatic rings. The van der Waals surface area contributed by atoms with Crippen molar-refractivity contribution in [1.29, 1.82) is 0 Å². The first-order valence-electron chi connectivity index (χ1n) is 5.91. The summed E-state index contributed by atoms with van der Waals surface area (Å²) in [6, 6.07) is 0. The molecule has 0 amide bonds. The van der Waals surface area contributed by atoms with Crippen molar-refractivity contribution < 1.29 is 0 Å². The highest BCUT2D eigenvalue weighted by molar-refractivity contribution is 8.03. The first kappa shape index (κ1) is 14.5. The molecule has 0 saturated carbocycles. The Balaban J connectivity index is 2.26. The number of anilines is 1. The molecule has 5 nitrogen and oxygen atoms in total. The van der Waals surface area contributed by atoms with E-state index < -0.39 is 0 Å².